The van der Waals surface area contributed by atoms with E-state index in [0.29, 0.717) is 18.1 Å². The number of imidazole rings is 1. The summed E-state index contributed by atoms with van der Waals surface area (Å²) in [6.07, 6.45) is 2.36. The van der Waals surface area contributed by atoms with Crippen LogP contribution in [0, 0.1) is 5.82 Å². The highest BCUT2D eigenvalue weighted by atomic mass is 19.1. The van der Waals surface area contributed by atoms with Gasteiger partial charge in [0.25, 0.3) is 0 Å². The molecule has 1 fully saturated rings. The molecule has 0 aliphatic heterocycles. The van der Waals surface area contributed by atoms with Gasteiger partial charge in [-0.3, -0.25) is 0 Å². The predicted molar refractivity (Wildman–Crippen MR) is 65.3 cm³/mol. The number of para-hydroxylation sites is 1. The van der Waals surface area contributed by atoms with Crippen LogP contribution in [0.2, 0.25) is 0 Å². The lowest BCUT2D eigenvalue weighted by Gasteiger charge is -2.07. The first-order chi connectivity index (χ1) is 8.31. The normalized spacial score (nSPS) is 15.6. The smallest absolute Gasteiger partial charge is 0.151 e. The van der Waals surface area contributed by atoms with Crippen LogP contribution in [-0.4, -0.2) is 16.1 Å². The Labute approximate surface area is 99.7 Å². The molecule has 0 saturated heterocycles. The average molecular weight is 233 g/mol. The minimum absolute atomic E-state index is 0.223. The number of fused-ring (bicyclic) bond motifs is 1. The van der Waals surface area contributed by atoms with Gasteiger partial charge >= 0.3 is 0 Å². The third-order valence-corrected chi connectivity index (χ3v) is 3.19. The van der Waals surface area contributed by atoms with Gasteiger partial charge < -0.3 is 9.88 Å². The quantitative estimate of drug-likeness (QED) is 0.879. The van der Waals surface area contributed by atoms with Crippen molar-refractivity contribution in [1.82, 2.24) is 14.9 Å². The second-order valence-electron chi connectivity index (χ2n) is 4.52. The summed E-state index contributed by atoms with van der Waals surface area (Å²) in [5.41, 5.74) is 1.44. The number of hydrogen-bond acceptors (Lipinski definition) is 2. The van der Waals surface area contributed by atoms with E-state index in [9.17, 15) is 4.39 Å². The van der Waals surface area contributed by atoms with E-state index in [2.05, 4.69) is 21.8 Å². The van der Waals surface area contributed by atoms with Crippen LogP contribution < -0.4 is 5.32 Å². The van der Waals surface area contributed by atoms with Crippen molar-refractivity contribution in [2.45, 2.75) is 32.4 Å². The monoisotopic (exact) mass is 233 g/mol. The molecule has 0 atom stereocenters. The maximum absolute atomic E-state index is 13.7. The second-order valence-corrected chi connectivity index (χ2v) is 4.52. The molecule has 1 aromatic heterocycles. The van der Waals surface area contributed by atoms with E-state index in [4.69, 9.17) is 0 Å². The van der Waals surface area contributed by atoms with E-state index in [1.807, 2.05) is 6.07 Å². The molecule has 2 aromatic rings. The lowest BCUT2D eigenvalue weighted by atomic mass is 10.3. The van der Waals surface area contributed by atoms with E-state index in [1.54, 1.807) is 6.07 Å². The number of hydrogen-bond donors (Lipinski definition) is 1. The highest BCUT2D eigenvalue weighted by Gasteiger charge is 2.28. The van der Waals surface area contributed by atoms with Gasteiger partial charge in [-0.2, -0.15) is 0 Å². The van der Waals surface area contributed by atoms with Crippen LogP contribution in [0.1, 0.15) is 31.6 Å². The lowest BCUT2D eigenvalue weighted by molar-refractivity contribution is 0.628. The molecule has 0 unspecified atom stereocenters. The summed E-state index contributed by atoms with van der Waals surface area (Å²) in [4.78, 5) is 4.44. The topological polar surface area (TPSA) is 29.9 Å². The fourth-order valence-corrected chi connectivity index (χ4v) is 2.23. The average Bonchev–Trinajstić information content (AvgIpc) is 3.09. The van der Waals surface area contributed by atoms with Crippen LogP contribution >= 0.6 is 0 Å². The Balaban J connectivity index is 2.12. The summed E-state index contributed by atoms with van der Waals surface area (Å²) in [5, 5.41) is 3.26. The van der Waals surface area contributed by atoms with Crippen LogP contribution in [0.15, 0.2) is 18.2 Å². The summed E-state index contributed by atoms with van der Waals surface area (Å²) >= 11 is 0. The van der Waals surface area contributed by atoms with Gasteiger partial charge in [-0.15, -0.1) is 0 Å². The fourth-order valence-electron chi connectivity index (χ4n) is 2.23. The Hall–Kier alpha value is -1.42. The van der Waals surface area contributed by atoms with Crippen molar-refractivity contribution < 1.29 is 4.39 Å². The zero-order valence-corrected chi connectivity index (χ0v) is 9.91. The summed E-state index contributed by atoms with van der Waals surface area (Å²) < 4.78 is 15.9. The van der Waals surface area contributed by atoms with Gasteiger partial charge in [-0.25, -0.2) is 9.37 Å². The molecule has 17 heavy (non-hydrogen) atoms. The predicted octanol–water partition coefficient (Wildman–Crippen LogP) is 2.62. The number of nitrogens with one attached hydrogen (secondary N) is 1. The van der Waals surface area contributed by atoms with E-state index < -0.39 is 0 Å². The van der Waals surface area contributed by atoms with Crippen molar-refractivity contribution in [3.8, 4) is 0 Å². The molecule has 3 rings (SSSR count). The molecular formula is C13H16FN3. The van der Waals surface area contributed by atoms with E-state index in [0.717, 1.165) is 17.9 Å². The van der Waals surface area contributed by atoms with Gasteiger partial charge in [-0.05, 0) is 31.5 Å². The lowest BCUT2D eigenvalue weighted by Crippen LogP contribution is -2.16. The highest BCUT2D eigenvalue weighted by Crippen LogP contribution is 2.38. The minimum Gasteiger partial charge on any atom is -0.324 e. The van der Waals surface area contributed by atoms with E-state index in [1.165, 1.54) is 18.9 Å². The largest absolute Gasteiger partial charge is 0.324 e. The Morgan fingerprint density at radius 3 is 3.00 bits per heavy atom. The van der Waals surface area contributed by atoms with Gasteiger partial charge in [0.2, 0.25) is 0 Å². The van der Waals surface area contributed by atoms with Crippen molar-refractivity contribution in [2.75, 3.05) is 6.54 Å². The maximum Gasteiger partial charge on any atom is 0.151 e. The third kappa shape index (κ3) is 1.82. The molecule has 0 spiro atoms. The highest BCUT2D eigenvalue weighted by molar-refractivity contribution is 5.77. The molecule has 1 aliphatic carbocycles. The Kier molecular flexibility index (Phi) is 2.59. The summed E-state index contributed by atoms with van der Waals surface area (Å²) in [6.45, 7) is 3.67. The van der Waals surface area contributed by atoms with Gasteiger partial charge in [0.05, 0.1) is 12.1 Å². The molecule has 4 heteroatoms. The number of halogens is 1. The molecule has 0 radical (unpaired) electrons. The number of aromatic nitrogens is 2. The molecule has 3 nitrogen and oxygen atoms in total. The Bertz CT molecular complexity index is 543. The maximum atomic E-state index is 13.7. The SMILES string of the molecule is CCNCc1nc2c(F)cccc2n1C1CC1. The first-order valence-corrected chi connectivity index (χ1v) is 6.17. The van der Waals surface area contributed by atoms with Crippen LogP contribution in [0.3, 0.4) is 0 Å². The summed E-state index contributed by atoms with van der Waals surface area (Å²) in [7, 11) is 0. The van der Waals surface area contributed by atoms with Crippen molar-refractivity contribution in [3.63, 3.8) is 0 Å². The molecule has 0 amide bonds. The van der Waals surface area contributed by atoms with Crippen molar-refractivity contribution >= 4 is 11.0 Å². The summed E-state index contributed by atoms with van der Waals surface area (Å²) in [5.74, 6) is 0.731. The minimum atomic E-state index is -0.223. The number of benzene rings is 1. The molecule has 1 saturated carbocycles. The van der Waals surface area contributed by atoms with Crippen LogP contribution in [-0.2, 0) is 6.54 Å². The van der Waals surface area contributed by atoms with Gasteiger partial charge in [0.15, 0.2) is 5.82 Å². The Morgan fingerprint density at radius 2 is 2.29 bits per heavy atom. The van der Waals surface area contributed by atoms with E-state index >= 15 is 0 Å². The van der Waals surface area contributed by atoms with Crippen LogP contribution in [0.5, 0.6) is 0 Å². The standard InChI is InChI=1S/C13H16FN3/c1-2-15-8-12-16-13-10(14)4-3-5-11(13)17(12)9-6-7-9/h3-5,9,15H,2,6-8H2,1H3. The summed E-state index contributed by atoms with van der Waals surface area (Å²) in [6, 6.07) is 5.72. The van der Waals surface area contributed by atoms with Crippen molar-refractivity contribution in [1.29, 1.82) is 0 Å². The molecule has 1 N–H and O–H groups in total. The fraction of sp³-hybridized carbons (Fsp3) is 0.462. The van der Waals surface area contributed by atoms with Gasteiger partial charge in [0.1, 0.15) is 11.3 Å². The number of nitrogens with zero attached hydrogens (tertiary/aromatic N) is 2. The molecule has 1 aromatic carbocycles. The molecular weight excluding hydrogens is 217 g/mol. The zero-order chi connectivity index (χ0) is 11.8. The molecule has 1 heterocycles. The molecule has 0 bridgehead atoms. The van der Waals surface area contributed by atoms with Gasteiger partial charge in [0, 0.05) is 6.04 Å². The van der Waals surface area contributed by atoms with Crippen molar-refractivity contribution in [2.24, 2.45) is 0 Å². The third-order valence-electron chi connectivity index (χ3n) is 3.19. The van der Waals surface area contributed by atoms with Crippen LogP contribution in [0.4, 0.5) is 4.39 Å². The Morgan fingerprint density at radius 1 is 1.47 bits per heavy atom. The first kappa shape index (κ1) is 10.7. The molecule has 1 aliphatic rings. The zero-order valence-electron chi connectivity index (χ0n) is 9.91. The van der Waals surface area contributed by atoms with Gasteiger partial charge in [-0.1, -0.05) is 13.0 Å². The second kappa shape index (κ2) is 4.11. The van der Waals surface area contributed by atoms with Crippen LogP contribution in [0.25, 0.3) is 11.0 Å². The van der Waals surface area contributed by atoms with Crippen molar-refractivity contribution in [3.05, 3.63) is 29.8 Å². The number of rotatable bonds is 4. The molecule has 90 valence electrons. The first-order valence-electron chi connectivity index (χ1n) is 6.17. The van der Waals surface area contributed by atoms with E-state index in [-0.39, 0.29) is 5.82 Å².